The second-order valence-electron chi connectivity index (χ2n) is 3.43. The van der Waals surface area contributed by atoms with E-state index in [1.165, 1.54) is 14.2 Å². The number of Topliss-reactive ketones (excluding diaryl/α,β-unsaturated/α-hetero) is 1. The van der Waals surface area contributed by atoms with Gasteiger partial charge in [0.25, 0.3) is 0 Å². The van der Waals surface area contributed by atoms with Gasteiger partial charge < -0.3 is 13.8 Å². The van der Waals surface area contributed by atoms with Crippen LogP contribution < -0.4 is 0 Å². The normalized spacial score (nSPS) is 11.7. The van der Waals surface area contributed by atoms with Crippen LogP contribution in [0.4, 0.5) is 0 Å². The van der Waals surface area contributed by atoms with Crippen molar-refractivity contribution in [3.63, 3.8) is 0 Å². The van der Waals surface area contributed by atoms with Gasteiger partial charge in [-0.1, -0.05) is 19.8 Å². The Balaban J connectivity index is 3.70. The molecule has 0 heterocycles. The molecule has 0 aromatic carbocycles. The van der Waals surface area contributed by atoms with Crippen LogP contribution in [0.2, 0.25) is 0 Å². The molecule has 0 N–H and O–H groups in total. The van der Waals surface area contributed by atoms with Gasteiger partial charge in [0.15, 0.2) is 5.78 Å². The second-order valence-corrected chi connectivity index (χ2v) is 5.70. The minimum absolute atomic E-state index is 0.0274. The maximum absolute atomic E-state index is 11.6. The third kappa shape index (κ3) is 7.12. The largest absolute Gasteiger partial charge is 0.374 e. The van der Waals surface area contributed by atoms with E-state index >= 15 is 0 Å². The number of hydrogen-bond donors (Lipinski definition) is 0. The van der Waals surface area contributed by atoms with E-state index in [4.69, 9.17) is 4.74 Å². The molecule has 0 atom stereocenters. The van der Waals surface area contributed by atoms with Gasteiger partial charge >= 0.3 is 7.60 Å². The fourth-order valence-corrected chi connectivity index (χ4v) is 2.04. The fourth-order valence-electron chi connectivity index (χ4n) is 1.11. The summed E-state index contributed by atoms with van der Waals surface area (Å²) in [5.41, 5.74) is 0. The van der Waals surface area contributed by atoms with Crippen LogP contribution in [0.25, 0.3) is 0 Å². The smallest absolute Gasteiger partial charge is 0.337 e. The third-order valence-electron chi connectivity index (χ3n) is 2.08. The molecule has 0 aliphatic carbocycles. The molecule has 0 aliphatic rings. The molecule has 0 bridgehead atoms. The summed E-state index contributed by atoms with van der Waals surface area (Å²) in [6.45, 7) is 2.63. The summed E-state index contributed by atoms with van der Waals surface area (Å²) in [4.78, 5) is 11.4. The third-order valence-corrected chi connectivity index (χ3v) is 3.93. The van der Waals surface area contributed by atoms with Crippen molar-refractivity contribution in [3.05, 3.63) is 0 Å². The Labute approximate surface area is 97.0 Å². The molecule has 0 saturated carbocycles. The molecule has 0 amide bonds. The lowest BCUT2D eigenvalue weighted by molar-refractivity contribution is -0.121. The van der Waals surface area contributed by atoms with Crippen molar-refractivity contribution in [2.24, 2.45) is 0 Å². The van der Waals surface area contributed by atoms with E-state index in [1.807, 2.05) is 0 Å². The van der Waals surface area contributed by atoms with Gasteiger partial charge in [-0.2, -0.15) is 0 Å². The van der Waals surface area contributed by atoms with Crippen LogP contribution in [0.1, 0.15) is 26.2 Å². The summed E-state index contributed by atoms with van der Waals surface area (Å²) in [7, 11) is -0.701. The van der Waals surface area contributed by atoms with Crippen molar-refractivity contribution >= 4 is 13.4 Å². The van der Waals surface area contributed by atoms with E-state index in [0.717, 1.165) is 19.3 Å². The molecule has 0 spiro atoms. The first-order valence-corrected chi connectivity index (χ1v) is 7.10. The minimum atomic E-state index is -3.23. The van der Waals surface area contributed by atoms with Crippen molar-refractivity contribution in [2.45, 2.75) is 26.2 Å². The zero-order chi connectivity index (χ0) is 12.4. The summed E-state index contributed by atoms with van der Waals surface area (Å²) in [6, 6.07) is 0. The second kappa shape index (κ2) is 8.88. The molecule has 96 valence electrons. The lowest BCUT2D eigenvalue weighted by Crippen LogP contribution is -2.15. The first kappa shape index (κ1) is 15.8. The van der Waals surface area contributed by atoms with Crippen LogP contribution in [-0.4, -0.2) is 39.4 Å². The zero-order valence-corrected chi connectivity index (χ0v) is 11.1. The molecule has 0 unspecified atom stereocenters. The fraction of sp³-hybridized carbons (Fsp3) is 0.900. The van der Waals surface area contributed by atoms with Crippen LogP contribution in [0, 0.1) is 0 Å². The standard InChI is InChI=1S/C10H21O5P/c1-4-5-6-7-15-8-10(11)9-16(12,13-2)14-3/h4-9H2,1-3H3. The predicted molar refractivity (Wildman–Crippen MR) is 61.8 cm³/mol. The predicted octanol–water partition coefficient (Wildman–Crippen LogP) is 2.25. The molecule has 6 heteroatoms. The van der Waals surface area contributed by atoms with Crippen LogP contribution in [0.3, 0.4) is 0 Å². The first-order valence-electron chi connectivity index (χ1n) is 5.38. The van der Waals surface area contributed by atoms with E-state index in [-0.39, 0.29) is 18.6 Å². The average molecular weight is 252 g/mol. The lowest BCUT2D eigenvalue weighted by Gasteiger charge is -2.12. The molecule has 0 saturated heterocycles. The summed E-state index contributed by atoms with van der Waals surface area (Å²) < 4.78 is 26.0. The Morgan fingerprint density at radius 2 is 1.81 bits per heavy atom. The highest BCUT2D eigenvalue weighted by atomic mass is 31.2. The Kier molecular flexibility index (Phi) is 8.76. The number of hydrogen-bond acceptors (Lipinski definition) is 5. The van der Waals surface area contributed by atoms with Crippen molar-refractivity contribution in [2.75, 3.05) is 33.6 Å². The molecule has 0 aromatic heterocycles. The van der Waals surface area contributed by atoms with Crippen molar-refractivity contribution < 1.29 is 23.1 Å². The van der Waals surface area contributed by atoms with Gasteiger partial charge in [-0.3, -0.25) is 9.36 Å². The molecule has 0 aromatic rings. The van der Waals surface area contributed by atoms with Gasteiger partial charge in [0, 0.05) is 20.8 Å². The Bertz CT molecular complexity index is 233. The molecule has 16 heavy (non-hydrogen) atoms. The Hall–Kier alpha value is -0.220. The quantitative estimate of drug-likeness (QED) is 0.441. The maximum Gasteiger partial charge on any atom is 0.337 e. The van der Waals surface area contributed by atoms with E-state index < -0.39 is 7.60 Å². The molecule has 5 nitrogen and oxygen atoms in total. The average Bonchev–Trinajstić information content (AvgIpc) is 2.28. The van der Waals surface area contributed by atoms with Crippen LogP contribution >= 0.6 is 7.60 Å². The topological polar surface area (TPSA) is 61.8 Å². The van der Waals surface area contributed by atoms with Crippen LogP contribution in [0.15, 0.2) is 0 Å². The SMILES string of the molecule is CCCCCOCC(=O)CP(=O)(OC)OC. The number of carbonyl (C=O) groups excluding carboxylic acids is 1. The molecule has 0 rings (SSSR count). The van der Waals surface area contributed by atoms with Crippen LogP contribution in [0.5, 0.6) is 0 Å². The van der Waals surface area contributed by atoms with Crippen molar-refractivity contribution in [1.29, 1.82) is 0 Å². The number of unbranched alkanes of at least 4 members (excludes halogenated alkanes) is 2. The van der Waals surface area contributed by atoms with E-state index in [2.05, 4.69) is 16.0 Å². The number of ketones is 1. The zero-order valence-electron chi connectivity index (χ0n) is 10.2. The number of ether oxygens (including phenoxy) is 1. The van der Waals surface area contributed by atoms with E-state index in [9.17, 15) is 9.36 Å². The van der Waals surface area contributed by atoms with Crippen molar-refractivity contribution in [3.8, 4) is 0 Å². The highest BCUT2D eigenvalue weighted by Crippen LogP contribution is 2.45. The van der Waals surface area contributed by atoms with Crippen LogP contribution in [-0.2, 0) is 23.1 Å². The highest BCUT2D eigenvalue weighted by Gasteiger charge is 2.25. The van der Waals surface area contributed by atoms with Gasteiger partial charge in [-0.25, -0.2) is 0 Å². The first-order chi connectivity index (χ1) is 7.58. The number of carbonyl (C=O) groups is 1. The lowest BCUT2D eigenvalue weighted by atomic mass is 10.3. The number of rotatable bonds is 10. The maximum atomic E-state index is 11.6. The molecule has 0 aliphatic heterocycles. The summed E-state index contributed by atoms with van der Waals surface area (Å²) in [5, 5.41) is 0. The van der Waals surface area contributed by atoms with Gasteiger partial charge in [-0.15, -0.1) is 0 Å². The highest BCUT2D eigenvalue weighted by molar-refractivity contribution is 7.54. The van der Waals surface area contributed by atoms with E-state index in [0.29, 0.717) is 6.61 Å². The van der Waals surface area contributed by atoms with Gasteiger partial charge in [-0.05, 0) is 6.42 Å². The van der Waals surface area contributed by atoms with Gasteiger partial charge in [0.2, 0.25) is 0 Å². The van der Waals surface area contributed by atoms with Crippen molar-refractivity contribution in [1.82, 2.24) is 0 Å². The minimum Gasteiger partial charge on any atom is -0.374 e. The molecular weight excluding hydrogens is 231 g/mol. The molecule has 0 fully saturated rings. The summed E-state index contributed by atoms with van der Waals surface area (Å²) >= 11 is 0. The monoisotopic (exact) mass is 252 g/mol. The summed E-state index contributed by atoms with van der Waals surface area (Å²) in [5.74, 6) is -0.261. The molecule has 0 radical (unpaired) electrons. The van der Waals surface area contributed by atoms with Gasteiger partial charge in [0.05, 0.1) is 0 Å². The molecular formula is C10H21O5P. The summed E-state index contributed by atoms with van der Waals surface area (Å²) in [6.07, 6.45) is 2.91. The van der Waals surface area contributed by atoms with E-state index in [1.54, 1.807) is 0 Å². The Morgan fingerprint density at radius 1 is 1.19 bits per heavy atom. The van der Waals surface area contributed by atoms with Gasteiger partial charge in [0.1, 0.15) is 12.8 Å². The Morgan fingerprint density at radius 3 is 2.31 bits per heavy atom.